The molecule has 12 heteroatoms. The van der Waals surface area contributed by atoms with Crippen LogP contribution in [-0.4, -0.2) is 69.7 Å². The van der Waals surface area contributed by atoms with E-state index in [-0.39, 0.29) is 35.4 Å². The summed E-state index contributed by atoms with van der Waals surface area (Å²) in [5.41, 5.74) is 9.59. The summed E-state index contributed by atoms with van der Waals surface area (Å²) in [5, 5.41) is 4.97. The van der Waals surface area contributed by atoms with Gasteiger partial charge >= 0.3 is 0 Å². The molecule has 2 amide bonds. The van der Waals surface area contributed by atoms with Gasteiger partial charge in [0.15, 0.2) is 0 Å². The molecule has 11 nitrogen and oxygen atoms in total. The molecule has 1 saturated heterocycles. The summed E-state index contributed by atoms with van der Waals surface area (Å²) in [4.78, 5) is 37.4. The summed E-state index contributed by atoms with van der Waals surface area (Å²) in [6, 6.07) is 9.07. The number of primary amides is 1. The number of methoxy groups -OCH3 is 2. The van der Waals surface area contributed by atoms with E-state index in [1.807, 2.05) is 30.0 Å². The number of hydrogen-bond acceptors (Lipinski definition) is 8. The van der Waals surface area contributed by atoms with Crippen molar-refractivity contribution in [3.05, 3.63) is 64.1 Å². The molecule has 0 bridgehead atoms. The van der Waals surface area contributed by atoms with E-state index in [0.29, 0.717) is 52.2 Å². The maximum absolute atomic E-state index is 13.8. The number of hydrogen-bond donors (Lipinski definition) is 1. The molecular weight excluding hydrogens is 572 g/mol. The fraction of sp³-hybridized carbons (Fsp3) is 0.387. The monoisotopic (exact) mass is 602 g/mol. The van der Waals surface area contributed by atoms with E-state index in [9.17, 15) is 9.59 Å². The number of rotatable bonds is 7. The molecule has 4 aromatic heterocycles. The van der Waals surface area contributed by atoms with E-state index in [4.69, 9.17) is 36.5 Å². The van der Waals surface area contributed by atoms with Crippen LogP contribution in [0.15, 0.2) is 36.5 Å². The van der Waals surface area contributed by atoms with E-state index < -0.39 is 11.3 Å². The molecule has 3 atom stereocenters. The van der Waals surface area contributed by atoms with Crippen molar-refractivity contribution >= 4 is 28.9 Å². The zero-order valence-corrected chi connectivity index (χ0v) is 25.0. The Labute approximate surface area is 252 Å². The number of pyridine rings is 3. The Morgan fingerprint density at radius 2 is 1.93 bits per heavy atom. The number of nitrogens with two attached hydrogens (primary N) is 1. The first kappa shape index (κ1) is 27.5. The SMILES string of the molecule is COc1nccc(-c2nc([C@H]3CN(C(=O)c4cc(OC)n5nc(C6CC6)cc5c4)C3C)cc3c2OC[C@]3(C)C(N)=O)c1Cl. The quantitative estimate of drug-likeness (QED) is 0.334. The second-order valence-electron chi connectivity index (χ2n) is 11.7. The lowest BCUT2D eigenvalue weighted by Crippen LogP contribution is -2.55. The Morgan fingerprint density at radius 1 is 1.14 bits per heavy atom. The van der Waals surface area contributed by atoms with Gasteiger partial charge < -0.3 is 24.8 Å². The summed E-state index contributed by atoms with van der Waals surface area (Å²) in [6.07, 6.45) is 3.85. The van der Waals surface area contributed by atoms with Gasteiger partial charge in [-0.15, -0.1) is 0 Å². The van der Waals surface area contributed by atoms with Crippen molar-refractivity contribution in [2.75, 3.05) is 27.4 Å². The van der Waals surface area contributed by atoms with Crippen molar-refractivity contribution in [1.82, 2.24) is 24.5 Å². The molecule has 2 fully saturated rings. The lowest BCUT2D eigenvalue weighted by atomic mass is 9.80. The Kier molecular flexibility index (Phi) is 6.28. The minimum atomic E-state index is -1.05. The van der Waals surface area contributed by atoms with E-state index >= 15 is 0 Å². The highest BCUT2D eigenvalue weighted by Gasteiger charge is 2.47. The van der Waals surface area contributed by atoms with Gasteiger partial charge in [-0.3, -0.25) is 9.59 Å². The van der Waals surface area contributed by atoms with Crippen LogP contribution >= 0.6 is 11.6 Å². The van der Waals surface area contributed by atoms with E-state index in [0.717, 1.165) is 24.1 Å². The summed E-state index contributed by atoms with van der Waals surface area (Å²) in [6.45, 7) is 4.28. The zero-order valence-electron chi connectivity index (χ0n) is 24.3. The van der Waals surface area contributed by atoms with Crippen LogP contribution in [0.1, 0.15) is 65.8 Å². The molecule has 4 aromatic rings. The third kappa shape index (κ3) is 4.20. The molecule has 2 aliphatic heterocycles. The topological polar surface area (TPSA) is 134 Å². The number of likely N-dealkylation sites (tertiary alicyclic amines) is 1. The van der Waals surface area contributed by atoms with Gasteiger partial charge in [-0.1, -0.05) is 11.6 Å². The first-order valence-corrected chi connectivity index (χ1v) is 14.6. The van der Waals surface area contributed by atoms with Crippen molar-refractivity contribution in [3.8, 4) is 28.8 Å². The molecule has 0 radical (unpaired) electrons. The minimum absolute atomic E-state index is 0.0852. The zero-order chi connectivity index (χ0) is 30.2. The van der Waals surface area contributed by atoms with E-state index in [1.165, 1.54) is 7.11 Å². The molecule has 0 aromatic carbocycles. The maximum Gasteiger partial charge on any atom is 0.254 e. The first-order chi connectivity index (χ1) is 20.6. The highest BCUT2D eigenvalue weighted by Crippen LogP contribution is 2.48. The first-order valence-electron chi connectivity index (χ1n) is 14.2. The van der Waals surface area contributed by atoms with Crippen LogP contribution in [0.25, 0.3) is 16.8 Å². The standard InChI is InChI=1S/C31H31ClN6O5/c1-15-20(13-37(15)29(39)17-9-18-11-22(16-5-6-16)36-38(18)24(10-17)41-3)23-12-21-27(43-14-31(21,2)30(33)40)26(35-23)19-7-8-34-28(42-4)25(19)32/h7-12,15-16,20H,5-6,13-14H2,1-4H3,(H2,33,40)/t15?,20-,31-/m0/s1. The van der Waals surface area contributed by atoms with Gasteiger partial charge in [0.05, 0.1) is 25.4 Å². The second kappa shape index (κ2) is 9.84. The van der Waals surface area contributed by atoms with Crippen LogP contribution in [0.3, 0.4) is 0 Å². The third-order valence-corrected chi connectivity index (χ3v) is 9.41. The predicted octanol–water partition coefficient (Wildman–Crippen LogP) is 4.10. The molecule has 2 N–H and O–H groups in total. The summed E-state index contributed by atoms with van der Waals surface area (Å²) >= 11 is 6.66. The molecule has 1 unspecified atom stereocenters. The lowest BCUT2D eigenvalue weighted by molar-refractivity contribution is -0.123. The van der Waals surface area contributed by atoms with Gasteiger partial charge in [0.1, 0.15) is 28.5 Å². The van der Waals surface area contributed by atoms with Crippen molar-refractivity contribution in [1.29, 1.82) is 0 Å². The second-order valence-corrected chi connectivity index (χ2v) is 12.1. The van der Waals surface area contributed by atoms with Crippen LogP contribution in [0, 0.1) is 0 Å². The molecule has 222 valence electrons. The molecule has 1 aliphatic carbocycles. The highest BCUT2D eigenvalue weighted by molar-refractivity contribution is 6.34. The fourth-order valence-corrected chi connectivity index (χ4v) is 6.33. The van der Waals surface area contributed by atoms with Gasteiger partial charge in [0.2, 0.25) is 17.7 Å². The van der Waals surface area contributed by atoms with Crippen LogP contribution in [0.2, 0.25) is 5.02 Å². The van der Waals surface area contributed by atoms with Crippen molar-refractivity contribution in [2.45, 2.75) is 50.0 Å². The van der Waals surface area contributed by atoms with Gasteiger partial charge in [-0.2, -0.15) is 5.10 Å². The minimum Gasteiger partial charge on any atom is -0.489 e. The highest BCUT2D eigenvalue weighted by atomic mass is 35.5. The molecule has 43 heavy (non-hydrogen) atoms. The van der Waals surface area contributed by atoms with Crippen LogP contribution in [0.4, 0.5) is 0 Å². The molecule has 1 saturated carbocycles. The summed E-state index contributed by atoms with van der Waals surface area (Å²) in [7, 11) is 3.07. The molecule has 6 heterocycles. The Bertz CT molecular complexity index is 1820. The maximum atomic E-state index is 13.8. The summed E-state index contributed by atoms with van der Waals surface area (Å²) in [5.74, 6) is 0.988. The third-order valence-electron chi connectivity index (χ3n) is 9.05. The normalized spacial score (nSPS) is 22.6. The number of ether oxygens (including phenoxy) is 3. The lowest BCUT2D eigenvalue weighted by Gasteiger charge is -2.46. The van der Waals surface area contributed by atoms with E-state index in [2.05, 4.69) is 10.1 Å². The average molecular weight is 603 g/mol. The van der Waals surface area contributed by atoms with Gasteiger partial charge in [0.25, 0.3) is 5.91 Å². The number of aromatic nitrogens is 4. The van der Waals surface area contributed by atoms with Gasteiger partial charge in [-0.25, -0.2) is 14.5 Å². The largest absolute Gasteiger partial charge is 0.489 e. The Hall–Kier alpha value is -4.38. The summed E-state index contributed by atoms with van der Waals surface area (Å²) < 4.78 is 18.7. The fourth-order valence-electron chi connectivity index (χ4n) is 6.05. The van der Waals surface area contributed by atoms with Crippen molar-refractivity contribution in [3.63, 3.8) is 0 Å². The van der Waals surface area contributed by atoms with Crippen molar-refractivity contribution in [2.24, 2.45) is 5.73 Å². The van der Waals surface area contributed by atoms with Crippen LogP contribution in [0.5, 0.6) is 17.5 Å². The smallest absolute Gasteiger partial charge is 0.254 e. The van der Waals surface area contributed by atoms with E-state index in [1.54, 1.807) is 36.9 Å². The molecule has 7 rings (SSSR count). The molecule has 0 spiro atoms. The number of fused-ring (bicyclic) bond motifs is 2. The Morgan fingerprint density at radius 3 is 2.60 bits per heavy atom. The molecular formula is C31H31ClN6O5. The molecule has 3 aliphatic rings. The predicted molar refractivity (Wildman–Crippen MR) is 158 cm³/mol. The van der Waals surface area contributed by atoms with Crippen LogP contribution < -0.4 is 19.9 Å². The Balaban J connectivity index is 1.24. The number of halogens is 1. The van der Waals surface area contributed by atoms with Crippen LogP contribution in [-0.2, 0) is 10.2 Å². The number of nitrogens with zero attached hydrogens (tertiary/aromatic N) is 5. The number of carbonyl (C=O) groups is 2. The number of amides is 2. The van der Waals surface area contributed by atoms with Gasteiger partial charge in [0, 0.05) is 59.1 Å². The van der Waals surface area contributed by atoms with Crippen molar-refractivity contribution < 1.29 is 23.8 Å². The van der Waals surface area contributed by atoms with Gasteiger partial charge in [-0.05, 0) is 51.0 Å². The average Bonchev–Trinajstić information content (AvgIpc) is 3.67. The number of carbonyl (C=O) groups excluding carboxylic acids is 2.